The molecule has 1 amide bonds. The molecule has 0 saturated carbocycles. The molecule has 0 heterocycles. The van der Waals surface area contributed by atoms with Gasteiger partial charge in [0.05, 0.1) is 26.2 Å². The molecule has 28 heavy (non-hydrogen) atoms. The Balaban J connectivity index is 0. The van der Waals surface area contributed by atoms with Crippen LogP contribution in [0.5, 0.6) is 0 Å². The van der Waals surface area contributed by atoms with E-state index >= 15 is 0 Å². The lowest BCUT2D eigenvalue weighted by Gasteiger charge is -2.39. The summed E-state index contributed by atoms with van der Waals surface area (Å²) < 4.78 is 1.42. The van der Waals surface area contributed by atoms with Gasteiger partial charge in [-0.2, -0.15) is 0 Å². The Morgan fingerprint density at radius 3 is 1.29 bits per heavy atom. The zero-order chi connectivity index (χ0) is 21.7. The standard InChI is InChI=1S/C16H36N.C9H19NO/c1-5-9-13-17(14-10-6-2,15-11-7-3)16-12-8-4;1-3-4-5-6-7-8(2)9(10)11/h5-16H2,1-4H3;8H,3-7H2,1-2H3,(H2,10,11)/q+1;. The molecular formula is C25H55N2O+. The highest BCUT2D eigenvalue weighted by atomic mass is 16.1. The second-order valence-electron chi connectivity index (χ2n) is 8.80. The molecule has 3 nitrogen and oxygen atoms in total. The molecule has 0 fully saturated rings. The van der Waals surface area contributed by atoms with Crippen LogP contribution in [-0.2, 0) is 4.79 Å². The minimum absolute atomic E-state index is 0.0619. The van der Waals surface area contributed by atoms with Gasteiger partial charge in [0.25, 0.3) is 0 Å². The number of nitrogens with zero attached hydrogens (tertiary/aromatic N) is 1. The molecule has 0 aromatic carbocycles. The van der Waals surface area contributed by atoms with Crippen LogP contribution in [0, 0.1) is 5.92 Å². The second-order valence-corrected chi connectivity index (χ2v) is 8.80. The van der Waals surface area contributed by atoms with Crippen molar-refractivity contribution in [3.05, 3.63) is 0 Å². The number of nitrogens with two attached hydrogens (primary N) is 1. The van der Waals surface area contributed by atoms with E-state index < -0.39 is 0 Å². The summed E-state index contributed by atoms with van der Waals surface area (Å²) in [4.78, 5) is 10.6. The van der Waals surface area contributed by atoms with Crippen LogP contribution in [0.15, 0.2) is 0 Å². The molecule has 0 rings (SSSR count). The van der Waals surface area contributed by atoms with Crippen LogP contribution in [0.2, 0.25) is 0 Å². The maximum absolute atomic E-state index is 10.6. The van der Waals surface area contributed by atoms with E-state index in [0.29, 0.717) is 0 Å². The number of hydrogen-bond donors (Lipinski definition) is 1. The molecule has 0 aliphatic heterocycles. The van der Waals surface area contributed by atoms with E-state index in [9.17, 15) is 4.79 Å². The molecule has 3 heteroatoms. The Kier molecular flexibility index (Phi) is 22.4. The molecule has 0 aromatic rings. The van der Waals surface area contributed by atoms with Gasteiger partial charge in [0.2, 0.25) is 5.91 Å². The summed E-state index contributed by atoms with van der Waals surface area (Å²) in [6.45, 7) is 19.1. The third-order valence-electron chi connectivity index (χ3n) is 5.92. The molecule has 1 unspecified atom stereocenters. The van der Waals surface area contributed by atoms with Crippen molar-refractivity contribution in [2.24, 2.45) is 11.7 Å². The SMILES string of the molecule is CCCCCCC(C)C(N)=O.CCCC[N+](CCCC)(CCCC)CCCC. The van der Waals surface area contributed by atoms with Crippen molar-refractivity contribution in [2.45, 2.75) is 125 Å². The first-order valence-electron chi connectivity index (χ1n) is 12.6. The summed E-state index contributed by atoms with van der Waals surface area (Å²) in [5.41, 5.74) is 5.11. The molecule has 0 aliphatic rings. The molecule has 0 aromatic heterocycles. The highest BCUT2D eigenvalue weighted by Crippen LogP contribution is 2.16. The number of amides is 1. The predicted molar refractivity (Wildman–Crippen MR) is 126 cm³/mol. The second kappa shape index (κ2) is 21.1. The largest absolute Gasteiger partial charge is 0.369 e. The molecule has 0 bridgehead atoms. The highest BCUT2D eigenvalue weighted by molar-refractivity contribution is 5.76. The van der Waals surface area contributed by atoms with Gasteiger partial charge in [-0.15, -0.1) is 0 Å². The van der Waals surface area contributed by atoms with Crippen molar-refractivity contribution in [1.82, 2.24) is 0 Å². The van der Waals surface area contributed by atoms with Gasteiger partial charge in [0.1, 0.15) is 0 Å². The van der Waals surface area contributed by atoms with Crippen LogP contribution >= 0.6 is 0 Å². The summed E-state index contributed by atoms with van der Waals surface area (Å²) in [5, 5.41) is 0. The number of quaternary nitrogens is 1. The topological polar surface area (TPSA) is 43.1 Å². The van der Waals surface area contributed by atoms with Crippen LogP contribution in [-0.4, -0.2) is 36.6 Å². The van der Waals surface area contributed by atoms with Gasteiger partial charge in [-0.1, -0.05) is 92.9 Å². The van der Waals surface area contributed by atoms with E-state index in [4.69, 9.17) is 5.73 Å². The lowest BCUT2D eigenvalue weighted by molar-refractivity contribution is -0.929. The molecule has 0 radical (unpaired) electrons. The highest BCUT2D eigenvalue weighted by Gasteiger charge is 2.24. The lowest BCUT2D eigenvalue weighted by Crippen LogP contribution is -2.50. The van der Waals surface area contributed by atoms with Gasteiger partial charge in [-0.25, -0.2) is 0 Å². The van der Waals surface area contributed by atoms with E-state index in [0.717, 1.165) is 12.8 Å². The molecule has 0 aliphatic carbocycles. The number of unbranched alkanes of at least 4 members (excludes halogenated alkanes) is 7. The van der Waals surface area contributed by atoms with Crippen molar-refractivity contribution < 1.29 is 9.28 Å². The average Bonchev–Trinajstić information content (AvgIpc) is 2.70. The summed E-state index contributed by atoms with van der Waals surface area (Å²) in [7, 11) is 0. The Morgan fingerprint density at radius 1 is 0.643 bits per heavy atom. The smallest absolute Gasteiger partial charge is 0.220 e. The summed E-state index contributed by atoms with van der Waals surface area (Å²) >= 11 is 0. The van der Waals surface area contributed by atoms with Crippen molar-refractivity contribution in [3.63, 3.8) is 0 Å². The average molecular weight is 400 g/mol. The van der Waals surface area contributed by atoms with Crippen LogP contribution in [0.3, 0.4) is 0 Å². The summed E-state index contributed by atoms with van der Waals surface area (Å²) in [6, 6.07) is 0. The molecule has 0 saturated heterocycles. The van der Waals surface area contributed by atoms with E-state index in [2.05, 4.69) is 34.6 Å². The van der Waals surface area contributed by atoms with Gasteiger partial charge in [-0.3, -0.25) is 4.79 Å². The van der Waals surface area contributed by atoms with Crippen molar-refractivity contribution in [1.29, 1.82) is 0 Å². The number of carbonyl (C=O) groups is 1. The van der Waals surface area contributed by atoms with Gasteiger partial charge in [0, 0.05) is 5.92 Å². The van der Waals surface area contributed by atoms with Gasteiger partial charge >= 0.3 is 0 Å². The van der Waals surface area contributed by atoms with Crippen LogP contribution < -0.4 is 5.73 Å². The third kappa shape index (κ3) is 17.5. The molecule has 1 atom stereocenters. The molecule has 2 N–H and O–H groups in total. The quantitative estimate of drug-likeness (QED) is 0.194. The lowest BCUT2D eigenvalue weighted by atomic mass is 10.0. The number of carbonyl (C=O) groups excluding carboxylic acids is 1. The fourth-order valence-electron chi connectivity index (χ4n) is 3.66. The third-order valence-corrected chi connectivity index (χ3v) is 5.92. The molecule has 170 valence electrons. The zero-order valence-electron chi connectivity index (χ0n) is 20.5. The van der Waals surface area contributed by atoms with E-state index in [1.165, 1.54) is 101 Å². The number of primary amides is 1. The van der Waals surface area contributed by atoms with E-state index in [-0.39, 0.29) is 11.8 Å². The normalized spacial score (nSPS) is 12.4. The Bertz CT molecular complexity index is 293. The van der Waals surface area contributed by atoms with Crippen LogP contribution in [0.1, 0.15) is 125 Å². The first-order valence-corrected chi connectivity index (χ1v) is 12.6. The van der Waals surface area contributed by atoms with Crippen LogP contribution in [0.25, 0.3) is 0 Å². The monoisotopic (exact) mass is 399 g/mol. The number of hydrogen-bond acceptors (Lipinski definition) is 1. The Hall–Kier alpha value is -0.570. The van der Waals surface area contributed by atoms with Gasteiger partial charge in [0.15, 0.2) is 0 Å². The summed E-state index contributed by atoms with van der Waals surface area (Å²) in [6.07, 6.45) is 16.9. The first kappa shape index (κ1) is 29.6. The first-order chi connectivity index (χ1) is 13.4. The minimum atomic E-state index is -0.165. The van der Waals surface area contributed by atoms with Gasteiger partial charge in [-0.05, 0) is 32.1 Å². The van der Waals surface area contributed by atoms with E-state index in [1.807, 2.05) is 6.92 Å². The maximum atomic E-state index is 10.6. The summed E-state index contributed by atoms with van der Waals surface area (Å²) in [5.74, 6) is -0.103. The van der Waals surface area contributed by atoms with E-state index in [1.54, 1.807) is 0 Å². The maximum Gasteiger partial charge on any atom is 0.220 e. The van der Waals surface area contributed by atoms with Gasteiger partial charge < -0.3 is 10.2 Å². The minimum Gasteiger partial charge on any atom is -0.369 e. The fraction of sp³-hybridized carbons (Fsp3) is 0.960. The predicted octanol–water partition coefficient (Wildman–Crippen LogP) is 7.08. The Morgan fingerprint density at radius 2 is 1.00 bits per heavy atom. The van der Waals surface area contributed by atoms with Crippen molar-refractivity contribution in [3.8, 4) is 0 Å². The van der Waals surface area contributed by atoms with Crippen molar-refractivity contribution >= 4 is 5.91 Å². The fourth-order valence-corrected chi connectivity index (χ4v) is 3.66. The number of rotatable bonds is 18. The molecule has 0 spiro atoms. The van der Waals surface area contributed by atoms with Crippen LogP contribution in [0.4, 0.5) is 0 Å². The molecular weight excluding hydrogens is 344 g/mol. The van der Waals surface area contributed by atoms with Crippen molar-refractivity contribution in [2.75, 3.05) is 26.2 Å². The Labute approximate surface area is 178 Å². The zero-order valence-corrected chi connectivity index (χ0v) is 20.5.